The highest BCUT2D eigenvalue weighted by molar-refractivity contribution is 7.80. The van der Waals surface area contributed by atoms with Gasteiger partial charge in [-0.25, -0.2) is 0 Å². The van der Waals surface area contributed by atoms with Crippen LogP contribution < -0.4 is 5.73 Å². The van der Waals surface area contributed by atoms with Gasteiger partial charge in [0.25, 0.3) is 0 Å². The lowest BCUT2D eigenvalue weighted by molar-refractivity contribution is 0.184. The average molecular weight is 276 g/mol. The van der Waals surface area contributed by atoms with Gasteiger partial charge in [-0.3, -0.25) is 4.90 Å². The van der Waals surface area contributed by atoms with Crippen molar-refractivity contribution in [1.82, 2.24) is 4.90 Å². The number of aryl methyl sites for hydroxylation is 3. The van der Waals surface area contributed by atoms with Crippen molar-refractivity contribution in [2.75, 3.05) is 6.54 Å². The van der Waals surface area contributed by atoms with Crippen molar-refractivity contribution in [2.45, 2.75) is 52.6 Å². The normalized spacial score (nSPS) is 20.5. The molecule has 0 aliphatic carbocycles. The maximum absolute atomic E-state index is 5.90. The quantitative estimate of drug-likeness (QED) is 0.859. The van der Waals surface area contributed by atoms with Gasteiger partial charge in [0.15, 0.2) is 0 Å². The van der Waals surface area contributed by atoms with Crippen molar-refractivity contribution >= 4 is 17.2 Å². The van der Waals surface area contributed by atoms with Gasteiger partial charge in [0, 0.05) is 6.54 Å². The smallest absolute Gasteiger partial charge is 0.0902 e. The Bertz CT molecular complexity index is 459. The molecule has 0 amide bonds. The average Bonchev–Trinajstić information content (AvgIpc) is 2.34. The van der Waals surface area contributed by atoms with Crippen LogP contribution in [0.4, 0.5) is 0 Å². The summed E-state index contributed by atoms with van der Waals surface area (Å²) in [6, 6.07) is 4.81. The zero-order chi connectivity index (χ0) is 14.0. The molecule has 0 bridgehead atoms. The summed E-state index contributed by atoms with van der Waals surface area (Å²) in [7, 11) is 0. The van der Waals surface area contributed by atoms with Crippen LogP contribution in [0.15, 0.2) is 12.1 Å². The number of rotatable bonds is 3. The largest absolute Gasteiger partial charge is 0.392 e. The summed E-state index contributed by atoms with van der Waals surface area (Å²) in [4.78, 5) is 3.11. The number of thiocarbonyl (C=S) groups is 1. The molecule has 1 atom stereocenters. The number of benzene rings is 1. The second-order valence-corrected chi connectivity index (χ2v) is 6.23. The van der Waals surface area contributed by atoms with Gasteiger partial charge in [-0.15, -0.1) is 0 Å². The molecule has 2 N–H and O–H groups in total. The van der Waals surface area contributed by atoms with Crippen molar-refractivity contribution in [3.8, 4) is 0 Å². The summed E-state index contributed by atoms with van der Waals surface area (Å²) < 4.78 is 0. The molecule has 0 spiro atoms. The Morgan fingerprint density at radius 1 is 1.26 bits per heavy atom. The van der Waals surface area contributed by atoms with Gasteiger partial charge < -0.3 is 5.73 Å². The summed E-state index contributed by atoms with van der Waals surface area (Å²) in [5.74, 6) is 0. The van der Waals surface area contributed by atoms with E-state index in [-0.39, 0.29) is 6.04 Å². The standard InChI is InChI=1S/C16H24N2S/c1-11-8-12(2)14(13(3)9-11)10-18-7-5-4-6-15(18)16(17)19/h8-9,15H,4-7,10H2,1-3H3,(H2,17,19). The van der Waals surface area contributed by atoms with Crippen LogP contribution in [0.2, 0.25) is 0 Å². The van der Waals surface area contributed by atoms with E-state index < -0.39 is 0 Å². The van der Waals surface area contributed by atoms with Gasteiger partial charge >= 0.3 is 0 Å². The maximum atomic E-state index is 5.90. The molecule has 1 aromatic rings. The minimum absolute atomic E-state index is 0.281. The monoisotopic (exact) mass is 276 g/mol. The first-order chi connectivity index (χ1) is 8.99. The van der Waals surface area contributed by atoms with Crippen LogP contribution >= 0.6 is 12.2 Å². The van der Waals surface area contributed by atoms with Crippen molar-refractivity contribution in [1.29, 1.82) is 0 Å². The van der Waals surface area contributed by atoms with E-state index in [1.54, 1.807) is 0 Å². The lowest BCUT2D eigenvalue weighted by atomic mass is 9.96. The van der Waals surface area contributed by atoms with Crippen molar-refractivity contribution in [3.05, 3.63) is 34.4 Å². The molecule has 0 saturated carbocycles. The van der Waals surface area contributed by atoms with E-state index in [1.807, 2.05) is 0 Å². The Morgan fingerprint density at radius 2 is 1.89 bits per heavy atom. The second kappa shape index (κ2) is 6.02. The highest BCUT2D eigenvalue weighted by Gasteiger charge is 2.25. The van der Waals surface area contributed by atoms with Crippen LogP contribution in [0.3, 0.4) is 0 Å². The molecule has 19 heavy (non-hydrogen) atoms. The molecule has 2 nitrogen and oxygen atoms in total. The van der Waals surface area contributed by atoms with Crippen molar-refractivity contribution in [3.63, 3.8) is 0 Å². The molecule has 0 aromatic heterocycles. The van der Waals surface area contributed by atoms with Crippen molar-refractivity contribution < 1.29 is 0 Å². The van der Waals surface area contributed by atoms with E-state index >= 15 is 0 Å². The third kappa shape index (κ3) is 3.34. The maximum Gasteiger partial charge on any atom is 0.0902 e. The topological polar surface area (TPSA) is 29.3 Å². The number of likely N-dealkylation sites (tertiary alicyclic amines) is 1. The first kappa shape index (κ1) is 14.5. The second-order valence-electron chi connectivity index (χ2n) is 5.76. The molecule has 1 aliphatic rings. The predicted octanol–water partition coefficient (Wildman–Crippen LogP) is 3.25. The SMILES string of the molecule is Cc1cc(C)c(CN2CCCCC2C(N)=S)c(C)c1. The number of nitrogens with two attached hydrogens (primary N) is 1. The Morgan fingerprint density at radius 3 is 2.47 bits per heavy atom. The van der Waals surface area contributed by atoms with E-state index in [4.69, 9.17) is 18.0 Å². The third-order valence-corrected chi connectivity index (χ3v) is 4.42. The van der Waals surface area contributed by atoms with Gasteiger partial charge in [-0.2, -0.15) is 0 Å². The van der Waals surface area contributed by atoms with Crippen LogP contribution in [0.1, 0.15) is 41.5 Å². The molecule has 0 radical (unpaired) electrons. The first-order valence-electron chi connectivity index (χ1n) is 7.09. The Balaban J connectivity index is 2.22. The summed E-state index contributed by atoms with van der Waals surface area (Å²) >= 11 is 5.23. The molecule has 1 saturated heterocycles. The Labute approximate surface area is 122 Å². The zero-order valence-corrected chi connectivity index (χ0v) is 13.0. The Kier molecular flexibility index (Phi) is 4.58. The van der Waals surface area contributed by atoms with Gasteiger partial charge in [0.05, 0.1) is 11.0 Å². The fraction of sp³-hybridized carbons (Fsp3) is 0.562. The van der Waals surface area contributed by atoms with Crippen LogP contribution in [-0.2, 0) is 6.54 Å². The van der Waals surface area contributed by atoms with E-state index in [0.717, 1.165) is 19.5 Å². The number of piperidine rings is 1. The zero-order valence-electron chi connectivity index (χ0n) is 12.2. The highest BCUT2D eigenvalue weighted by atomic mass is 32.1. The number of nitrogens with zero attached hydrogens (tertiary/aromatic N) is 1. The lowest BCUT2D eigenvalue weighted by Crippen LogP contribution is -2.46. The summed E-state index contributed by atoms with van der Waals surface area (Å²) in [6.45, 7) is 8.64. The molecule has 3 heteroatoms. The molecule has 1 fully saturated rings. The lowest BCUT2D eigenvalue weighted by Gasteiger charge is -2.35. The Hall–Kier alpha value is -0.930. The minimum Gasteiger partial charge on any atom is -0.392 e. The summed E-state index contributed by atoms with van der Waals surface area (Å²) in [6.07, 6.45) is 3.60. The molecule has 2 rings (SSSR count). The first-order valence-corrected chi connectivity index (χ1v) is 7.50. The van der Waals surface area contributed by atoms with Gasteiger partial charge in [0.2, 0.25) is 0 Å². The van der Waals surface area contributed by atoms with E-state index in [1.165, 1.54) is 35.1 Å². The van der Waals surface area contributed by atoms with Crippen molar-refractivity contribution in [2.24, 2.45) is 5.73 Å². The summed E-state index contributed by atoms with van der Waals surface area (Å²) in [5, 5.41) is 0. The van der Waals surface area contributed by atoms with E-state index in [2.05, 4.69) is 37.8 Å². The molecular weight excluding hydrogens is 252 g/mol. The highest BCUT2D eigenvalue weighted by Crippen LogP contribution is 2.24. The van der Waals surface area contributed by atoms with E-state index in [0.29, 0.717) is 4.99 Å². The fourth-order valence-electron chi connectivity index (χ4n) is 3.16. The van der Waals surface area contributed by atoms with Crippen LogP contribution in [0.5, 0.6) is 0 Å². The molecule has 1 aromatic carbocycles. The number of hydrogen-bond acceptors (Lipinski definition) is 2. The fourth-order valence-corrected chi connectivity index (χ4v) is 3.43. The molecule has 1 aliphatic heterocycles. The van der Waals surface area contributed by atoms with Gasteiger partial charge in [-0.05, 0) is 56.8 Å². The van der Waals surface area contributed by atoms with Crippen LogP contribution in [0, 0.1) is 20.8 Å². The summed E-state index contributed by atoms with van der Waals surface area (Å²) in [5.41, 5.74) is 11.4. The molecule has 1 heterocycles. The molecule has 104 valence electrons. The van der Waals surface area contributed by atoms with Gasteiger partial charge in [0.1, 0.15) is 0 Å². The number of hydrogen-bond donors (Lipinski definition) is 1. The minimum atomic E-state index is 0.281. The van der Waals surface area contributed by atoms with Gasteiger partial charge in [-0.1, -0.05) is 36.3 Å². The third-order valence-electron chi connectivity index (χ3n) is 4.14. The molecule has 1 unspecified atom stereocenters. The van der Waals surface area contributed by atoms with Crippen LogP contribution in [-0.4, -0.2) is 22.5 Å². The van der Waals surface area contributed by atoms with Crippen LogP contribution in [0.25, 0.3) is 0 Å². The van der Waals surface area contributed by atoms with E-state index in [9.17, 15) is 0 Å². The molecular formula is C16H24N2S. The predicted molar refractivity (Wildman–Crippen MR) is 85.5 cm³/mol.